The predicted molar refractivity (Wildman–Crippen MR) is 53.6 cm³/mol. The van der Waals surface area contributed by atoms with E-state index in [1.54, 1.807) is 0 Å². The molecule has 0 saturated heterocycles. The van der Waals surface area contributed by atoms with Crippen LogP contribution in [-0.4, -0.2) is 14.9 Å². The normalized spacial score (nSPS) is 9.73. The van der Waals surface area contributed by atoms with Gasteiger partial charge in [0.2, 0.25) is 0 Å². The molecule has 0 aromatic heterocycles. The van der Waals surface area contributed by atoms with Gasteiger partial charge in [0.15, 0.2) is 0 Å². The van der Waals surface area contributed by atoms with Gasteiger partial charge in [-0.15, -0.1) is 0 Å². The Morgan fingerprint density at radius 2 is 1.64 bits per heavy atom. The highest BCUT2D eigenvalue weighted by Crippen LogP contribution is 2.09. The Hall–Kier alpha value is -0.915. The van der Waals surface area contributed by atoms with Gasteiger partial charge in [-0.05, 0) is 26.0 Å². The van der Waals surface area contributed by atoms with Crippen molar-refractivity contribution in [1.29, 1.82) is 0 Å². The van der Waals surface area contributed by atoms with Crippen LogP contribution in [0.4, 0.5) is 5.69 Å². The number of aryl methyl sites for hydroxylation is 2. The lowest BCUT2D eigenvalue weighted by molar-refractivity contribution is 1.40. The van der Waals surface area contributed by atoms with E-state index in [0.717, 1.165) is 0 Å². The van der Waals surface area contributed by atoms with Crippen molar-refractivity contribution < 1.29 is 0 Å². The van der Waals surface area contributed by atoms with Crippen LogP contribution in [0.5, 0.6) is 0 Å². The van der Waals surface area contributed by atoms with E-state index in [1.165, 1.54) is 22.3 Å². The van der Waals surface area contributed by atoms with E-state index < -0.39 is 0 Å². The highest BCUT2D eigenvalue weighted by Gasteiger charge is 1.97. The Morgan fingerprint density at radius 1 is 1.18 bits per heavy atom. The largest absolute Gasteiger partial charge is 0.388 e. The molecule has 0 aliphatic carbocycles. The van der Waals surface area contributed by atoms with Gasteiger partial charge in [-0.3, -0.25) is 0 Å². The first-order chi connectivity index (χ1) is 5.15. The van der Waals surface area contributed by atoms with Gasteiger partial charge < -0.3 is 5.32 Å². The molecule has 0 saturated carbocycles. The molecule has 0 radical (unpaired) electrons. The molecule has 0 unspecified atom stereocenters. The Morgan fingerprint density at radius 3 is 2.00 bits per heavy atom. The van der Waals surface area contributed by atoms with Gasteiger partial charge in [0.25, 0.3) is 0 Å². The van der Waals surface area contributed by atoms with Crippen LogP contribution in [0.25, 0.3) is 0 Å². The molecule has 0 spiro atoms. The minimum atomic E-state index is 1.20. The molecule has 1 aromatic rings. The van der Waals surface area contributed by atoms with Crippen molar-refractivity contribution in [2.24, 2.45) is 0 Å². The molecule has 1 N–H and O–H groups in total. The smallest absolute Gasteiger partial charge is 0.139 e. The Labute approximate surface area is 69.2 Å². The second kappa shape index (κ2) is 2.99. The second-order valence-electron chi connectivity index (χ2n) is 2.99. The number of benzene rings is 1. The van der Waals surface area contributed by atoms with E-state index in [0.29, 0.717) is 0 Å². The Balaban J connectivity index is 3.21. The summed E-state index contributed by atoms with van der Waals surface area (Å²) in [5.41, 5.74) is 5.30. The van der Waals surface area contributed by atoms with Gasteiger partial charge in [-0.2, -0.15) is 0 Å². The van der Waals surface area contributed by atoms with Gasteiger partial charge in [-0.1, -0.05) is 16.6 Å². The molecule has 1 rings (SSSR count). The number of rotatable bonds is 1. The summed E-state index contributed by atoms with van der Waals surface area (Å²) in [6.45, 7) is 4.28. The van der Waals surface area contributed by atoms with Crippen molar-refractivity contribution >= 4 is 19.0 Å². The first-order valence-electron chi connectivity index (χ1n) is 3.90. The molecule has 1 nitrogen and oxygen atoms in total. The summed E-state index contributed by atoms with van der Waals surface area (Å²) in [7, 11) is 4.10. The molecule has 0 aliphatic rings. The topological polar surface area (TPSA) is 12.0 Å². The Bertz CT molecular complexity index is 245. The minimum Gasteiger partial charge on any atom is -0.388 e. The maximum atomic E-state index is 3.14. The second-order valence-corrected chi connectivity index (χ2v) is 2.99. The van der Waals surface area contributed by atoms with Crippen molar-refractivity contribution in [2.45, 2.75) is 13.8 Å². The number of nitrogens with one attached hydrogen (secondary N) is 1. The van der Waals surface area contributed by atoms with E-state index in [9.17, 15) is 0 Å². The van der Waals surface area contributed by atoms with Gasteiger partial charge in [0, 0.05) is 12.7 Å². The fourth-order valence-corrected chi connectivity index (χ4v) is 1.18. The highest BCUT2D eigenvalue weighted by molar-refractivity contribution is 6.34. The number of hydrogen-bond acceptors (Lipinski definition) is 1. The monoisotopic (exact) mass is 147 g/mol. The van der Waals surface area contributed by atoms with Crippen molar-refractivity contribution in [3.05, 3.63) is 23.3 Å². The zero-order chi connectivity index (χ0) is 8.43. The fraction of sp³-hybridized carbons (Fsp3) is 0.333. The number of anilines is 1. The standard InChI is InChI=1S/C9H14BN/c1-6-4-8(11-3)5-7(2)9(6)10/h4-5,11H,10H2,1-3H3. The SMILES string of the molecule is Bc1c(C)cc(NC)cc1C. The van der Waals surface area contributed by atoms with Gasteiger partial charge in [0.05, 0.1) is 0 Å². The summed E-state index contributed by atoms with van der Waals surface area (Å²) >= 11 is 0. The van der Waals surface area contributed by atoms with E-state index in [4.69, 9.17) is 0 Å². The summed E-state index contributed by atoms with van der Waals surface area (Å²) in [4.78, 5) is 0. The van der Waals surface area contributed by atoms with Crippen molar-refractivity contribution in [3.8, 4) is 0 Å². The molecular weight excluding hydrogens is 133 g/mol. The van der Waals surface area contributed by atoms with Crippen molar-refractivity contribution in [1.82, 2.24) is 0 Å². The zero-order valence-corrected chi connectivity index (χ0v) is 7.65. The molecule has 0 aliphatic heterocycles. The van der Waals surface area contributed by atoms with E-state index in [-0.39, 0.29) is 0 Å². The first-order valence-corrected chi connectivity index (χ1v) is 3.90. The third-order valence-electron chi connectivity index (χ3n) is 2.22. The molecule has 0 amide bonds. The third-order valence-corrected chi connectivity index (χ3v) is 2.22. The van der Waals surface area contributed by atoms with Crippen LogP contribution in [0.2, 0.25) is 0 Å². The van der Waals surface area contributed by atoms with E-state index in [2.05, 4.69) is 39.1 Å². The van der Waals surface area contributed by atoms with Crippen molar-refractivity contribution in [2.75, 3.05) is 12.4 Å². The summed E-state index contributed by atoms with van der Waals surface area (Å²) in [5.74, 6) is 0. The molecule has 1 aromatic carbocycles. The molecule has 0 atom stereocenters. The molecule has 0 heterocycles. The van der Waals surface area contributed by atoms with Crippen LogP contribution in [0.3, 0.4) is 0 Å². The van der Waals surface area contributed by atoms with Gasteiger partial charge in [0.1, 0.15) is 7.85 Å². The quantitative estimate of drug-likeness (QED) is 0.573. The minimum absolute atomic E-state index is 1.20. The van der Waals surface area contributed by atoms with Crippen LogP contribution < -0.4 is 10.8 Å². The van der Waals surface area contributed by atoms with Gasteiger partial charge in [-0.25, -0.2) is 0 Å². The highest BCUT2D eigenvalue weighted by atomic mass is 14.8. The summed E-state index contributed by atoms with van der Waals surface area (Å²) in [6.07, 6.45) is 0. The Kier molecular flexibility index (Phi) is 2.23. The summed E-state index contributed by atoms with van der Waals surface area (Å²) in [5, 5.41) is 3.14. The van der Waals surface area contributed by atoms with Crippen LogP contribution in [0, 0.1) is 13.8 Å². The maximum absolute atomic E-state index is 3.14. The molecular formula is C9H14BN. The predicted octanol–water partition coefficient (Wildman–Crippen LogP) is 0.604. The maximum Gasteiger partial charge on any atom is 0.139 e. The van der Waals surface area contributed by atoms with Crippen LogP contribution >= 0.6 is 0 Å². The first kappa shape index (κ1) is 8.18. The molecule has 11 heavy (non-hydrogen) atoms. The molecule has 2 heteroatoms. The van der Waals surface area contributed by atoms with E-state index in [1.807, 2.05) is 7.05 Å². The average molecular weight is 147 g/mol. The summed E-state index contributed by atoms with van der Waals surface area (Å²) < 4.78 is 0. The van der Waals surface area contributed by atoms with Crippen LogP contribution in [0.15, 0.2) is 12.1 Å². The van der Waals surface area contributed by atoms with Crippen LogP contribution in [-0.2, 0) is 0 Å². The lowest BCUT2D eigenvalue weighted by Gasteiger charge is -2.08. The van der Waals surface area contributed by atoms with Gasteiger partial charge >= 0.3 is 0 Å². The third kappa shape index (κ3) is 1.56. The zero-order valence-electron chi connectivity index (χ0n) is 7.65. The fourth-order valence-electron chi connectivity index (χ4n) is 1.18. The van der Waals surface area contributed by atoms with Crippen molar-refractivity contribution in [3.63, 3.8) is 0 Å². The van der Waals surface area contributed by atoms with Crippen LogP contribution in [0.1, 0.15) is 11.1 Å². The lowest BCUT2D eigenvalue weighted by atomic mass is 9.86. The van der Waals surface area contributed by atoms with E-state index >= 15 is 0 Å². The molecule has 0 fully saturated rings. The number of hydrogen-bond donors (Lipinski definition) is 1. The average Bonchev–Trinajstić information content (AvgIpc) is 1.99. The summed E-state index contributed by atoms with van der Waals surface area (Å²) in [6, 6.07) is 4.34. The molecule has 58 valence electrons. The molecule has 0 bridgehead atoms. The lowest BCUT2D eigenvalue weighted by Crippen LogP contribution is -2.11.